The minimum absolute atomic E-state index is 0.321. The fraction of sp³-hybridized carbons (Fsp3) is 0.636. The van der Waals surface area contributed by atoms with Crippen LogP contribution < -0.4 is 9.62 Å². The fourth-order valence-corrected chi connectivity index (χ4v) is 2.74. The number of sulfonamides is 1. The van der Waals surface area contributed by atoms with Crippen molar-refractivity contribution in [1.82, 2.24) is 14.7 Å². The van der Waals surface area contributed by atoms with Crippen LogP contribution in [0.4, 0.5) is 5.95 Å². The second-order valence-electron chi connectivity index (χ2n) is 4.49. The molecule has 0 aliphatic carbocycles. The smallest absolute Gasteiger partial charge is 0.225 e. The molecule has 100 valence electrons. The largest absolute Gasteiger partial charge is 0.338 e. The van der Waals surface area contributed by atoms with Crippen molar-refractivity contribution in [2.24, 2.45) is 0 Å². The SMILES string of the molecule is CS(=O)(=O)NCC[C@H]1CCCN1c1ncccn1. The van der Waals surface area contributed by atoms with Gasteiger partial charge in [0.25, 0.3) is 0 Å². The molecule has 0 unspecified atom stereocenters. The minimum atomic E-state index is -3.10. The Hall–Kier alpha value is -1.21. The molecule has 1 aromatic rings. The summed E-state index contributed by atoms with van der Waals surface area (Å²) in [5.41, 5.74) is 0. The van der Waals surface area contributed by atoms with E-state index >= 15 is 0 Å². The van der Waals surface area contributed by atoms with E-state index in [1.807, 2.05) is 0 Å². The third kappa shape index (κ3) is 3.64. The van der Waals surface area contributed by atoms with Gasteiger partial charge in [-0.3, -0.25) is 0 Å². The molecular weight excluding hydrogens is 252 g/mol. The molecule has 18 heavy (non-hydrogen) atoms. The predicted molar refractivity (Wildman–Crippen MR) is 69.9 cm³/mol. The number of rotatable bonds is 5. The van der Waals surface area contributed by atoms with E-state index in [1.165, 1.54) is 6.26 Å². The van der Waals surface area contributed by atoms with Gasteiger partial charge in [0.05, 0.1) is 6.26 Å². The van der Waals surface area contributed by atoms with Crippen LogP contribution in [-0.2, 0) is 10.0 Å². The van der Waals surface area contributed by atoms with Crippen LogP contribution in [0.15, 0.2) is 18.5 Å². The zero-order valence-electron chi connectivity index (χ0n) is 10.4. The van der Waals surface area contributed by atoms with Crippen LogP contribution in [0.1, 0.15) is 19.3 Å². The first-order chi connectivity index (χ1) is 8.56. The lowest BCUT2D eigenvalue weighted by Crippen LogP contribution is -2.34. The summed E-state index contributed by atoms with van der Waals surface area (Å²) in [5, 5.41) is 0. The maximum atomic E-state index is 11.0. The van der Waals surface area contributed by atoms with Gasteiger partial charge in [-0.2, -0.15) is 0 Å². The van der Waals surface area contributed by atoms with Gasteiger partial charge in [0.2, 0.25) is 16.0 Å². The first kappa shape index (κ1) is 13.2. The quantitative estimate of drug-likeness (QED) is 0.837. The molecular formula is C11H18N4O2S. The Morgan fingerprint density at radius 3 is 2.83 bits per heavy atom. The molecule has 2 heterocycles. The van der Waals surface area contributed by atoms with Crippen molar-refractivity contribution in [2.75, 3.05) is 24.2 Å². The molecule has 1 N–H and O–H groups in total. The maximum absolute atomic E-state index is 11.0. The van der Waals surface area contributed by atoms with Crippen molar-refractivity contribution in [3.05, 3.63) is 18.5 Å². The summed E-state index contributed by atoms with van der Waals surface area (Å²) in [6, 6.07) is 2.11. The summed E-state index contributed by atoms with van der Waals surface area (Å²) >= 11 is 0. The van der Waals surface area contributed by atoms with Gasteiger partial charge in [-0.15, -0.1) is 0 Å². The van der Waals surface area contributed by atoms with Crippen LogP contribution >= 0.6 is 0 Å². The summed E-state index contributed by atoms with van der Waals surface area (Å²) < 4.78 is 24.5. The normalized spacial score (nSPS) is 20.3. The lowest BCUT2D eigenvalue weighted by atomic mass is 10.1. The Labute approximate surface area is 107 Å². The second kappa shape index (κ2) is 5.62. The molecule has 1 aliphatic rings. The summed E-state index contributed by atoms with van der Waals surface area (Å²) in [7, 11) is -3.10. The standard InChI is InChI=1S/C11H18N4O2S/c1-18(16,17)14-8-5-10-4-2-9-15(10)11-12-6-3-7-13-11/h3,6-7,10,14H,2,4-5,8-9H2,1H3/t10-/m1/s1. The van der Waals surface area contributed by atoms with Crippen LogP contribution in [0.5, 0.6) is 0 Å². The topological polar surface area (TPSA) is 75.2 Å². The molecule has 1 aromatic heterocycles. The first-order valence-electron chi connectivity index (χ1n) is 6.04. The van der Waals surface area contributed by atoms with Gasteiger partial charge < -0.3 is 4.90 Å². The summed E-state index contributed by atoms with van der Waals surface area (Å²) in [5.74, 6) is 0.736. The van der Waals surface area contributed by atoms with Crippen LogP contribution in [0, 0.1) is 0 Å². The molecule has 1 atom stereocenters. The van der Waals surface area contributed by atoms with Gasteiger partial charge in [0.15, 0.2) is 0 Å². The fourth-order valence-electron chi connectivity index (χ4n) is 2.25. The Morgan fingerprint density at radius 1 is 1.44 bits per heavy atom. The molecule has 1 saturated heterocycles. The molecule has 1 aliphatic heterocycles. The number of anilines is 1. The average molecular weight is 270 g/mol. The Bertz CT molecular complexity index is 477. The van der Waals surface area contributed by atoms with Crippen LogP contribution in [0.3, 0.4) is 0 Å². The number of nitrogens with zero attached hydrogens (tertiary/aromatic N) is 3. The predicted octanol–water partition coefficient (Wildman–Crippen LogP) is 0.385. The Balaban J connectivity index is 1.92. The van der Waals surface area contributed by atoms with E-state index in [1.54, 1.807) is 18.5 Å². The highest BCUT2D eigenvalue weighted by Crippen LogP contribution is 2.23. The van der Waals surface area contributed by atoms with Gasteiger partial charge >= 0.3 is 0 Å². The highest BCUT2D eigenvalue weighted by atomic mass is 32.2. The van der Waals surface area contributed by atoms with Crippen LogP contribution in [0.2, 0.25) is 0 Å². The van der Waals surface area contributed by atoms with Gasteiger partial charge in [-0.1, -0.05) is 0 Å². The summed E-state index contributed by atoms with van der Waals surface area (Å²) in [6.07, 6.45) is 7.58. The molecule has 0 amide bonds. The van der Waals surface area contributed by atoms with E-state index in [0.717, 1.165) is 31.8 Å². The highest BCUT2D eigenvalue weighted by Gasteiger charge is 2.26. The van der Waals surface area contributed by atoms with Crippen molar-refractivity contribution in [1.29, 1.82) is 0 Å². The molecule has 0 saturated carbocycles. The van der Waals surface area contributed by atoms with E-state index < -0.39 is 10.0 Å². The summed E-state index contributed by atoms with van der Waals surface area (Å²) in [6.45, 7) is 1.40. The molecule has 2 rings (SSSR count). The molecule has 0 aromatic carbocycles. The number of nitrogens with one attached hydrogen (secondary N) is 1. The zero-order chi connectivity index (χ0) is 13.0. The molecule has 0 spiro atoms. The van der Waals surface area contributed by atoms with E-state index in [9.17, 15) is 8.42 Å². The van der Waals surface area contributed by atoms with E-state index in [2.05, 4.69) is 19.6 Å². The maximum Gasteiger partial charge on any atom is 0.225 e. The van der Waals surface area contributed by atoms with Crippen molar-refractivity contribution < 1.29 is 8.42 Å². The summed E-state index contributed by atoms with van der Waals surface area (Å²) in [4.78, 5) is 10.6. The Morgan fingerprint density at radius 2 is 2.17 bits per heavy atom. The third-order valence-corrected chi connectivity index (χ3v) is 3.76. The number of aromatic nitrogens is 2. The van der Waals surface area contributed by atoms with Gasteiger partial charge in [-0.05, 0) is 25.3 Å². The minimum Gasteiger partial charge on any atom is -0.338 e. The van der Waals surface area contributed by atoms with E-state index in [-0.39, 0.29) is 0 Å². The monoisotopic (exact) mass is 270 g/mol. The van der Waals surface area contributed by atoms with Crippen LogP contribution in [0.25, 0.3) is 0 Å². The highest BCUT2D eigenvalue weighted by molar-refractivity contribution is 7.88. The first-order valence-corrected chi connectivity index (χ1v) is 7.94. The Kier molecular flexibility index (Phi) is 4.13. The molecule has 1 fully saturated rings. The van der Waals surface area contributed by atoms with Gasteiger partial charge in [-0.25, -0.2) is 23.1 Å². The molecule has 7 heteroatoms. The van der Waals surface area contributed by atoms with E-state index in [4.69, 9.17) is 0 Å². The molecule has 6 nitrogen and oxygen atoms in total. The van der Waals surface area contributed by atoms with Gasteiger partial charge in [0.1, 0.15) is 0 Å². The van der Waals surface area contributed by atoms with Crippen molar-refractivity contribution >= 4 is 16.0 Å². The lowest BCUT2D eigenvalue weighted by molar-refractivity contribution is 0.564. The van der Waals surface area contributed by atoms with Crippen molar-refractivity contribution in [3.8, 4) is 0 Å². The number of hydrogen-bond donors (Lipinski definition) is 1. The number of hydrogen-bond acceptors (Lipinski definition) is 5. The van der Waals surface area contributed by atoms with E-state index in [0.29, 0.717) is 12.6 Å². The average Bonchev–Trinajstić information content (AvgIpc) is 2.77. The van der Waals surface area contributed by atoms with Crippen molar-refractivity contribution in [2.45, 2.75) is 25.3 Å². The zero-order valence-corrected chi connectivity index (χ0v) is 11.2. The molecule has 0 radical (unpaired) electrons. The third-order valence-electron chi connectivity index (χ3n) is 3.03. The van der Waals surface area contributed by atoms with Crippen LogP contribution in [-0.4, -0.2) is 43.8 Å². The van der Waals surface area contributed by atoms with Crippen molar-refractivity contribution in [3.63, 3.8) is 0 Å². The lowest BCUT2D eigenvalue weighted by Gasteiger charge is -2.24. The second-order valence-corrected chi connectivity index (χ2v) is 6.33. The molecule has 0 bridgehead atoms. The van der Waals surface area contributed by atoms with Gasteiger partial charge in [0, 0.05) is 31.5 Å².